The van der Waals surface area contributed by atoms with E-state index in [0.717, 1.165) is 11.3 Å². The molecule has 1 fully saturated rings. The topological polar surface area (TPSA) is 87.9 Å². The predicted molar refractivity (Wildman–Crippen MR) is 105 cm³/mol. The largest absolute Gasteiger partial charge is 0.450 e. The molecule has 1 aromatic heterocycles. The van der Waals surface area contributed by atoms with Crippen LogP contribution in [0.5, 0.6) is 0 Å². The number of carbonyl (C=O) groups is 2. The monoisotopic (exact) mass is 386 g/mol. The minimum Gasteiger partial charge on any atom is -0.450 e. The second-order valence-corrected chi connectivity index (χ2v) is 6.90. The molecule has 0 aliphatic carbocycles. The van der Waals surface area contributed by atoms with Crippen molar-refractivity contribution in [2.75, 3.05) is 38.1 Å². The maximum absolute atomic E-state index is 12.5. The molecule has 3 rings (SSSR count). The van der Waals surface area contributed by atoms with E-state index < -0.39 is 0 Å². The van der Waals surface area contributed by atoms with Gasteiger partial charge in [-0.25, -0.2) is 14.6 Å². The first kappa shape index (κ1) is 19.7. The fourth-order valence-corrected chi connectivity index (χ4v) is 2.89. The van der Waals surface area contributed by atoms with Crippen molar-refractivity contribution in [1.82, 2.24) is 14.8 Å². The minimum absolute atomic E-state index is 0.186. The lowest BCUT2D eigenvalue weighted by Gasteiger charge is -2.34. The lowest BCUT2D eigenvalue weighted by Crippen LogP contribution is -2.51. The molecule has 1 aliphatic heterocycles. The summed E-state index contributed by atoms with van der Waals surface area (Å²) in [7, 11) is 0. The van der Waals surface area contributed by atoms with Gasteiger partial charge in [0.15, 0.2) is 0 Å². The second-order valence-electron chi connectivity index (χ2n) is 6.90. The van der Waals surface area contributed by atoms with Crippen LogP contribution in [-0.2, 0) is 4.74 Å². The van der Waals surface area contributed by atoms with Gasteiger partial charge in [-0.15, -0.1) is 0 Å². The summed E-state index contributed by atoms with van der Waals surface area (Å²) >= 11 is 0. The highest BCUT2D eigenvalue weighted by atomic mass is 16.6. The molecule has 1 saturated heterocycles. The molecule has 1 aromatic carbocycles. The molecule has 0 saturated carbocycles. The number of rotatable bonds is 4. The summed E-state index contributed by atoms with van der Waals surface area (Å²) in [6, 6.07) is 7.19. The summed E-state index contributed by atoms with van der Waals surface area (Å²) in [5.41, 5.74) is 1.55. The molecule has 0 spiro atoms. The number of piperazine rings is 1. The minimum atomic E-state index is -0.328. The number of urea groups is 1. The number of amides is 3. The molecule has 1 aliphatic rings. The van der Waals surface area contributed by atoms with Gasteiger partial charge in [-0.3, -0.25) is 0 Å². The van der Waals surface area contributed by atoms with Crippen molar-refractivity contribution in [3.8, 4) is 11.5 Å². The van der Waals surface area contributed by atoms with E-state index in [-0.39, 0.29) is 18.0 Å². The molecule has 150 valence electrons. The Labute approximate surface area is 164 Å². The number of aromatic nitrogens is 1. The molecule has 2 heterocycles. The van der Waals surface area contributed by atoms with Crippen molar-refractivity contribution in [1.29, 1.82) is 0 Å². The molecule has 1 N–H and O–H groups in total. The normalized spacial score (nSPS) is 14.3. The highest BCUT2D eigenvalue weighted by Gasteiger charge is 2.24. The molecule has 8 nitrogen and oxygen atoms in total. The molecule has 0 bridgehead atoms. The summed E-state index contributed by atoms with van der Waals surface area (Å²) in [6.07, 6.45) is 1.41. The Kier molecular flexibility index (Phi) is 6.18. The number of ether oxygens (including phenoxy) is 1. The van der Waals surface area contributed by atoms with Crippen LogP contribution in [-0.4, -0.2) is 59.7 Å². The van der Waals surface area contributed by atoms with E-state index in [2.05, 4.69) is 24.1 Å². The van der Waals surface area contributed by atoms with Crippen LogP contribution in [0.25, 0.3) is 11.5 Å². The van der Waals surface area contributed by atoms with Crippen LogP contribution >= 0.6 is 0 Å². The summed E-state index contributed by atoms with van der Waals surface area (Å²) in [5.74, 6) is 1.69. The van der Waals surface area contributed by atoms with Crippen molar-refractivity contribution in [2.24, 2.45) is 0 Å². The van der Waals surface area contributed by atoms with Gasteiger partial charge < -0.3 is 24.3 Å². The van der Waals surface area contributed by atoms with Crippen molar-refractivity contribution in [2.45, 2.75) is 26.7 Å². The molecule has 0 radical (unpaired) electrons. The quantitative estimate of drug-likeness (QED) is 0.864. The molecule has 28 heavy (non-hydrogen) atoms. The van der Waals surface area contributed by atoms with Crippen LogP contribution < -0.4 is 5.32 Å². The van der Waals surface area contributed by atoms with Gasteiger partial charge >= 0.3 is 12.1 Å². The van der Waals surface area contributed by atoms with Crippen LogP contribution in [0, 0.1) is 0 Å². The zero-order valence-electron chi connectivity index (χ0n) is 16.5. The molecule has 0 unspecified atom stereocenters. The number of nitrogens with one attached hydrogen (secondary N) is 1. The fraction of sp³-hybridized carbons (Fsp3) is 0.450. The van der Waals surface area contributed by atoms with E-state index in [9.17, 15) is 9.59 Å². The average Bonchev–Trinajstić information content (AvgIpc) is 3.19. The van der Waals surface area contributed by atoms with Crippen LogP contribution in [0.2, 0.25) is 0 Å². The highest BCUT2D eigenvalue weighted by Crippen LogP contribution is 2.24. The van der Waals surface area contributed by atoms with Crippen LogP contribution in [0.15, 0.2) is 34.9 Å². The Morgan fingerprint density at radius 1 is 1.14 bits per heavy atom. The van der Waals surface area contributed by atoms with Gasteiger partial charge in [0, 0.05) is 43.3 Å². The molecule has 2 aromatic rings. The zero-order valence-corrected chi connectivity index (χ0v) is 16.5. The van der Waals surface area contributed by atoms with Crippen molar-refractivity contribution in [3.05, 3.63) is 36.2 Å². The summed E-state index contributed by atoms with van der Waals surface area (Å²) in [4.78, 5) is 31.8. The fourth-order valence-electron chi connectivity index (χ4n) is 2.89. The van der Waals surface area contributed by atoms with Crippen molar-refractivity contribution >= 4 is 17.8 Å². The van der Waals surface area contributed by atoms with Gasteiger partial charge in [0.05, 0.1) is 12.8 Å². The molecule has 8 heteroatoms. The number of hydrogen-bond donors (Lipinski definition) is 1. The third kappa shape index (κ3) is 4.62. The van der Waals surface area contributed by atoms with E-state index in [1.165, 1.54) is 0 Å². The Bertz CT molecular complexity index is 808. The van der Waals surface area contributed by atoms with E-state index in [0.29, 0.717) is 44.4 Å². The first-order valence-electron chi connectivity index (χ1n) is 9.51. The third-order valence-electron chi connectivity index (χ3n) is 4.57. The van der Waals surface area contributed by atoms with Gasteiger partial charge in [-0.1, -0.05) is 13.8 Å². The number of benzene rings is 1. The summed E-state index contributed by atoms with van der Waals surface area (Å²) in [5, 5.41) is 2.88. The summed E-state index contributed by atoms with van der Waals surface area (Å²) < 4.78 is 10.7. The third-order valence-corrected chi connectivity index (χ3v) is 4.57. The zero-order chi connectivity index (χ0) is 20.1. The molecule has 0 atom stereocenters. The van der Waals surface area contributed by atoms with E-state index in [4.69, 9.17) is 9.15 Å². The lowest BCUT2D eigenvalue weighted by atomic mass is 10.2. The second kappa shape index (κ2) is 8.77. The maximum atomic E-state index is 12.5. The van der Waals surface area contributed by atoms with Crippen LogP contribution in [0.3, 0.4) is 0 Å². The Morgan fingerprint density at radius 2 is 1.79 bits per heavy atom. The molecule has 3 amide bonds. The smallest absolute Gasteiger partial charge is 0.409 e. The van der Waals surface area contributed by atoms with E-state index in [1.54, 1.807) is 22.9 Å². The number of oxazole rings is 1. The highest BCUT2D eigenvalue weighted by molar-refractivity contribution is 5.89. The number of hydrogen-bond acceptors (Lipinski definition) is 5. The Hall–Kier alpha value is -3.03. The van der Waals surface area contributed by atoms with Crippen LogP contribution in [0.1, 0.15) is 32.4 Å². The van der Waals surface area contributed by atoms with Crippen molar-refractivity contribution < 1.29 is 18.7 Å². The first-order chi connectivity index (χ1) is 13.5. The maximum Gasteiger partial charge on any atom is 0.409 e. The van der Waals surface area contributed by atoms with Gasteiger partial charge in [0.2, 0.25) is 5.89 Å². The standard InChI is InChI=1S/C20H26N4O4/c1-4-27-20(26)24-11-9-23(10-12-24)19(25)22-16-7-5-15(6-8-16)18-21-13-17(28-18)14(2)3/h5-8,13-14H,4,9-12H2,1-3H3,(H,22,25). The van der Waals surface area contributed by atoms with Gasteiger partial charge in [0.1, 0.15) is 5.76 Å². The number of anilines is 1. The molecular weight excluding hydrogens is 360 g/mol. The Balaban J connectivity index is 1.54. The number of nitrogens with zero attached hydrogens (tertiary/aromatic N) is 3. The first-order valence-corrected chi connectivity index (χ1v) is 9.51. The van der Waals surface area contributed by atoms with E-state index in [1.807, 2.05) is 24.3 Å². The van der Waals surface area contributed by atoms with E-state index >= 15 is 0 Å². The Morgan fingerprint density at radius 3 is 2.36 bits per heavy atom. The molecular formula is C20H26N4O4. The van der Waals surface area contributed by atoms with Gasteiger partial charge in [-0.2, -0.15) is 0 Å². The van der Waals surface area contributed by atoms with Gasteiger partial charge in [0.25, 0.3) is 0 Å². The average molecular weight is 386 g/mol. The number of carbonyl (C=O) groups excluding carboxylic acids is 2. The van der Waals surface area contributed by atoms with Crippen LogP contribution in [0.4, 0.5) is 15.3 Å². The van der Waals surface area contributed by atoms with Gasteiger partial charge in [-0.05, 0) is 31.2 Å². The predicted octanol–water partition coefficient (Wildman–Crippen LogP) is 3.77. The summed E-state index contributed by atoms with van der Waals surface area (Å²) in [6.45, 7) is 8.10. The van der Waals surface area contributed by atoms with Crippen molar-refractivity contribution in [3.63, 3.8) is 0 Å². The SMILES string of the molecule is CCOC(=O)N1CCN(C(=O)Nc2ccc(-c3ncc(C(C)C)o3)cc2)CC1. The lowest BCUT2D eigenvalue weighted by molar-refractivity contribution is 0.0868.